The van der Waals surface area contributed by atoms with Gasteiger partial charge in [0.05, 0.1) is 7.11 Å². The summed E-state index contributed by atoms with van der Waals surface area (Å²) in [4.78, 5) is 0. The Kier molecular flexibility index (Phi) is 5.67. The molecule has 0 saturated carbocycles. The highest BCUT2D eigenvalue weighted by Crippen LogP contribution is 2.28. The molecule has 1 unspecified atom stereocenters. The van der Waals surface area contributed by atoms with Gasteiger partial charge in [0, 0.05) is 6.04 Å². The van der Waals surface area contributed by atoms with Crippen LogP contribution in [0.1, 0.15) is 39.7 Å². The number of rotatable bonds is 7. The lowest BCUT2D eigenvalue weighted by molar-refractivity contribution is 0.288. The summed E-state index contributed by atoms with van der Waals surface area (Å²) in [7, 11) is 1.72. The van der Waals surface area contributed by atoms with Crippen molar-refractivity contribution in [2.45, 2.75) is 46.6 Å². The predicted molar refractivity (Wildman–Crippen MR) is 78.2 cm³/mol. The van der Waals surface area contributed by atoms with Gasteiger partial charge in [-0.25, -0.2) is 0 Å². The Morgan fingerprint density at radius 1 is 1.33 bits per heavy atom. The summed E-state index contributed by atoms with van der Waals surface area (Å²) in [5.74, 6) is 0.947. The van der Waals surface area contributed by atoms with Crippen molar-refractivity contribution < 1.29 is 4.74 Å². The molecule has 1 atom stereocenters. The van der Waals surface area contributed by atoms with E-state index in [9.17, 15) is 0 Å². The third-order valence-corrected chi connectivity index (χ3v) is 3.23. The van der Waals surface area contributed by atoms with Crippen LogP contribution in [-0.2, 0) is 6.42 Å². The van der Waals surface area contributed by atoms with E-state index in [2.05, 4.69) is 51.2 Å². The van der Waals surface area contributed by atoms with E-state index < -0.39 is 0 Å². The zero-order chi connectivity index (χ0) is 13.6. The second kappa shape index (κ2) is 6.79. The Bertz CT molecular complexity index is 360. The quantitative estimate of drug-likeness (QED) is 0.796. The van der Waals surface area contributed by atoms with Crippen LogP contribution in [0.4, 0.5) is 0 Å². The average Bonchev–Trinajstić information content (AvgIpc) is 2.28. The first-order chi connectivity index (χ1) is 8.46. The molecule has 2 nitrogen and oxygen atoms in total. The normalized spacial score (nSPS) is 13.4. The number of hydrogen-bond donors (Lipinski definition) is 1. The van der Waals surface area contributed by atoms with Crippen molar-refractivity contribution in [2.24, 2.45) is 5.41 Å². The predicted octanol–water partition coefficient (Wildman–Crippen LogP) is 3.65. The molecule has 0 aliphatic carbocycles. The molecular weight excluding hydrogens is 222 g/mol. The van der Waals surface area contributed by atoms with Crippen LogP contribution in [0.25, 0.3) is 0 Å². The van der Waals surface area contributed by atoms with E-state index in [1.54, 1.807) is 7.11 Å². The van der Waals surface area contributed by atoms with Gasteiger partial charge in [-0.05, 0) is 49.4 Å². The summed E-state index contributed by atoms with van der Waals surface area (Å²) >= 11 is 0. The zero-order valence-corrected chi connectivity index (χ0v) is 12.4. The van der Waals surface area contributed by atoms with Crippen molar-refractivity contribution in [2.75, 3.05) is 13.7 Å². The van der Waals surface area contributed by atoms with Crippen molar-refractivity contribution in [1.29, 1.82) is 0 Å². The standard InChI is InChI=1S/C16H27NO/c1-6-17-13(2)11-16(3,4)12-14-8-7-9-15(10-14)18-5/h7-10,13,17H,6,11-12H2,1-5H3. The van der Waals surface area contributed by atoms with Gasteiger partial charge < -0.3 is 10.1 Å². The maximum Gasteiger partial charge on any atom is 0.119 e. The fourth-order valence-electron chi connectivity index (χ4n) is 2.66. The van der Waals surface area contributed by atoms with Crippen LogP contribution in [0.3, 0.4) is 0 Å². The van der Waals surface area contributed by atoms with E-state index >= 15 is 0 Å². The lowest BCUT2D eigenvalue weighted by atomic mass is 9.80. The fourth-order valence-corrected chi connectivity index (χ4v) is 2.66. The lowest BCUT2D eigenvalue weighted by Crippen LogP contribution is -2.32. The Morgan fingerprint density at radius 3 is 2.67 bits per heavy atom. The van der Waals surface area contributed by atoms with Crippen molar-refractivity contribution >= 4 is 0 Å². The highest BCUT2D eigenvalue weighted by molar-refractivity contribution is 5.29. The molecule has 1 N–H and O–H groups in total. The van der Waals surface area contributed by atoms with Gasteiger partial charge in [-0.2, -0.15) is 0 Å². The smallest absolute Gasteiger partial charge is 0.119 e. The van der Waals surface area contributed by atoms with Gasteiger partial charge in [-0.15, -0.1) is 0 Å². The van der Waals surface area contributed by atoms with Crippen molar-refractivity contribution in [1.82, 2.24) is 5.32 Å². The Morgan fingerprint density at radius 2 is 2.06 bits per heavy atom. The van der Waals surface area contributed by atoms with Crippen LogP contribution in [-0.4, -0.2) is 19.7 Å². The monoisotopic (exact) mass is 249 g/mol. The van der Waals surface area contributed by atoms with Gasteiger partial charge >= 0.3 is 0 Å². The molecule has 0 heterocycles. The summed E-state index contributed by atoms with van der Waals surface area (Å²) in [5.41, 5.74) is 1.65. The average molecular weight is 249 g/mol. The van der Waals surface area contributed by atoms with Crippen LogP contribution in [0, 0.1) is 5.41 Å². The summed E-state index contributed by atoms with van der Waals surface area (Å²) < 4.78 is 5.28. The Labute approximate surface area is 112 Å². The van der Waals surface area contributed by atoms with Gasteiger partial charge in [0.25, 0.3) is 0 Å². The van der Waals surface area contributed by atoms with Gasteiger partial charge in [-0.1, -0.05) is 32.9 Å². The largest absolute Gasteiger partial charge is 0.497 e. The van der Waals surface area contributed by atoms with Crippen LogP contribution in [0.5, 0.6) is 5.75 Å². The van der Waals surface area contributed by atoms with Crippen molar-refractivity contribution in [3.63, 3.8) is 0 Å². The molecule has 0 spiro atoms. The van der Waals surface area contributed by atoms with E-state index in [0.717, 1.165) is 18.7 Å². The van der Waals surface area contributed by atoms with Crippen LogP contribution >= 0.6 is 0 Å². The molecule has 0 amide bonds. The fraction of sp³-hybridized carbons (Fsp3) is 0.625. The second-order valence-corrected chi connectivity index (χ2v) is 5.86. The third-order valence-electron chi connectivity index (χ3n) is 3.23. The maximum atomic E-state index is 5.28. The number of methoxy groups -OCH3 is 1. The molecule has 1 aromatic carbocycles. The molecule has 0 radical (unpaired) electrons. The van der Waals surface area contributed by atoms with Crippen LogP contribution < -0.4 is 10.1 Å². The first kappa shape index (κ1) is 15.0. The molecule has 2 heteroatoms. The second-order valence-electron chi connectivity index (χ2n) is 5.86. The van der Waals surface area contributed by atoms with Crippen molar-refractivity contribution in [3.05, 3.63) is 29.8 Å². The third kappa shape index (κ3) is 5.09. The topological polar surface area (TPSA) is 21.3 Å². The van der Waals surface area contributed by atoms with Gasteiger partial charge in [0.2, 0.25) is 0 Å². The van der Waals surface area contributed by atoms with Gasteiger partial charge in [0.15, 0.2) is 0 Å². The van der Waals surface area contributed by atoms with Crippen LogP contribution in [0.2, 0.25) is 0 Å². The van der Waals surface area contributed by atoms with E-state index in [0.29, 0.717) is 11.5 Å². The molecular formula is C16H27NO. The summed E-state index contributed by atoms with van der Waals surface area (Å²) in [5, 5.41) is 3.49. The van der Waals surface area contributed by atoms with Gasteiger partial charge in [-0.3, -0.25) is 0 Å². The SMILES string of the molecule is CCNC(C)CC(C)(C)Cc1cccc(OC)c1. The molecule has 1 aromatic rings. The number of ether oxygens (including phenoxy) is 1. The molecule has 0 aliphatic rings. The minimum Gasteiger partial charge on any atom is -0.497 e. The van der Waals surface area contributed by atoms with Crippen molar-refractivity contribution in [3.8, 4) is 5.75 Å². The molecule has 0 saturated heterocycles. The first-order valence-corrected chi connectivity index (χ1v) is 6.83. The zero-order valence-electron chi connectivity index (χ0n) is 12.4. The Hall–Kier alpha value is -1.02. The highest BCUT2D eigenvalue weighted by Gasteiger charge is 2.21. The molecule has 0 fully saturated rings. The molecule has 1 rings (SSSR count). The van der Waals surface area contributed by atoms with E-state index in [4.69, 9.17) is 4.74 Å². The lowest BCUT2D eigenvalue weighted by Gasteiger charge is -2.28. The van der Waals surface area contributed by atoms with E-state index in [-0.39, 0.29) is 0 Å². The Balaban J connectivity index is 2.63. The molecule has 102 valence electrons. The molecule has 0 aromatic heterocycles. The van der Waals surface area contributed by atoms with Gasteiger partial charge in [0.1, 0.15) is 5.75 Å². The molecule has 18 heavy (non-hydrogen) atoms. The van der Waals surface area contributed by atoms with E-state index in [1.165, 1.54) is 12.0 Å². The van der Waals surface area contributed by atoms with E-state index in [1.807, 2.05) is 6.07 Å². The number of hydrogen-bond acceptors (Lipinski definition) is 2. The summed E-state index contributed by atoms with van der Waals surface area (Å²) in [6, 6.07) is 8.95. The summed E-state index contributed by atoms with van der Waals surface area (Å²) in [6.45, 7) is 10.1. The summed E-state index contributed by atoms with van der Waals surface area (Å²) in [6.07, 6.45) is 2.26. The number of nitrogens with one attached hydrogen (secondary N) is 1. The number of benzene rings is 1. The minimum atomic E-state index is 0.300. The first-order valence-electron chi connectivity index (χ1n) is 6.83. The van der Waals surface area contributed by atoms with Crippen LogP contribution in [0.15, 0.2) is 24.3 Å². The highest BCUT2D eigenvalue weighted by atomic mass is 16.5. The molecule has 0 aliphatic heterocycles. The maximum absolute atomic E-state index is 5.28. The molecule has 0 bridgehead atoms. The minimum absolute atomic E-state index is 0.300.